The lowest BCUT2D eigenvalue weighted by atomic mass is 9.90. The third-order valence-corrected chi connectivity index (χ3v) is 3.37. The molecular formula is C14H18N2O5. The first-order valence-electron chi connectivity index (χ1n) is 6.62. The standard InChI is InChI=1S/C14H18N2O5/c17-7-6-15-14(12(18)19)9-16(10-14)13(20)21-8-11-4-2-1-3-5-11/h1-5,15,17H,6-10H2,(H,18,19). The highest BCUT2D eigenvalue weighted by atomic mass is 16.6. The molecule has 0 aromatic heterocycles. The molecule has 0 unspecified atom stereocenters. The maximum atomic E-state index is 11.8. The third-order valence-electron chi connectivity index (χ3n) is 3.37. The van der Waals surface area contributed by atoms with E-state index < -0.39 is 17.6 Å². The number of rotatable bonds is 6. The van der Waals surface area contributed by atoms with Crippen LogP contribution < -0.4 is 5.32 Å². The second kappa shape index (κ2) is 6.55. The Morgan fingerprint density at radius 1 is 1.29 bits per heavy atom. The molecule has 2 rings (SSSR count). The highest BCUT2D eigenvalue weighted by molar-refractivity contribution is 5.84. The Balaban J connectivity index is 1.82. The number of carbonyl (C=O) groups is 2. The molecule has 0 saturated carbocycles. The fraction of sp³-hybridized carbons (Fsp3) is 0.429. The first-order chi connectivity index (χ1) is 10.1. The van der Waals surface area contributed by atoms with Crippen molar-refractivity contribution in [1.29, 1.82) is 0 Å². The summed E-state index contributed by atoms with van der Waals surface area (Å²) < 4.78 is 5.13. The van der Waals surface area contributed by atoms with Crippen molar-refractivity contribution in [3.8, 4) is 0 Å². The fourth-order valence-corrected chi connectivity index (χ4v) is 2.16. The van der Waals surface area contributed by atoms with Crippen molar-refractivity contribution in [2.75, 3.05) is 26.2 Å². The van der Waals surface area contributed by atoms with Crippen molar-refractivity contribution in [3.63, 3.8) is 0 Å². The van der Waals surface area contributed by atoms with Gasteiger partial charge in [0, 0.05) is 6.54 Å². The number of benzene rings is 1. The summed E-state index contributed by atoms with van der Waals surface area (Å²) in [7, 11) is 0. The number of carbonyl (C=O) groups excluding carboxylic acids is 1. The predicted molar refractivity (Wildman–Crippen MR) is 73.7 cm³/mol. The molecule has 21 heavy (non-hydrogen) atoms. The number of hydrogen-bond acceptors (Lipinski definition) is 5. The summed E-state index contributed by atoms with van der Waals surface area (Å²) >= 11 is 0. The monoisotopic (exact) mass is 294 g/mol. The van der Waals surface area contributed by atoms with Crippen molar-refractivity contribution in [2.24, 2.45) is 0 Å². The lowest BCUT2D eigenvalue weighted by Gasteiger charge is -2.46. The highest BCUT2D eigenvalue weighted by Crippen LogP contribution is 2.22. The van der Waals surface area contributed by atoms with E-state index in [1.165, 1.54) is 4.90 Å². The number of aliphatic carboxylic acids is 1. The zero-order valence-corrected chi connectivity index (χ0v) is 11.5. The van der Waals surface area contributed by atoms with Crippen LogP contribution in [-0.4, -0.2) is 59.0 Å². The average molecular weight is 294 g/mol. The highest BCUT2D eigenvalue weighted by Gasteiger charge is 2.51. The van der Waals surface area contributed by atoms with Crippen molar-refractivity contribution >= 4 is 12.1 Å². The summed E-state index contributed by atoms with van der Waals surface area (Å²) in [6, 6.07) is 9.25. The Labute approximate surface area is 122 Å². The van der Waals surface area contributed by atoms with E-state index in [-0.39, 0.29) is 32.8 Å². The van der Waals surface area contributed by atoms with Gasteiger partial charge < -0.3 is 19.8 Å². The minimum atomic E-state index is -1.19. The van der Waals surface area contributed by atoms with Gasteiger partial charge in [0.25, 0.3) is 0 Å². The Morgan fingerprint density at radius 2 is 1.95 bits per heavy atom. The van der Waals surface area contributed by atoms with E-state index in [0.29, 0.717) is 0 Å². The molecule has 1 aromatic carbocycles. The van der Waals surface area contributed by atoms with Gasteiger partial charge in [0.15, 0.2) is 5.54 Å². The van der Waals surface area contributed by atoms with Gasteiger partial charge in [0.05, 0.1) is 19.7 Å². The van der Waals surface area contributed by atoms with Crippen LogP contribution in [0, 0.1) is 0 Å². The minimum absolute atomic E-state index is 0.0238. The van der Waals surface area contributed by atoms with Crippen LogP contribution in [0.4, 0.5) is 4.79 Å². The van der Waals surface area contributed by atoms with Crippen LogP contribution >= 0.6 is 0 Å². The maximum Gasteiger partial charge on any atom is 0.410 e. The molecule has 7 heteroatoms. The second-order valence-electron chi connectivity index (χ2n) is 4.93. The van der Waals surface area contributed by atoms with Crippen LogP contribution in [0.15, 0.2) is 30.3 Å². The Hall–Kier alpha value is -2.12. The molecule has 0 bridgehead atoms. The van der Waals surface area contributed by atoms with Gasteiger partial charge in [0.1, 0.15) is 6.61 Å². The van der Waals surface area contributed by atoms with E-state index in [4.69, 9.17) is 9.84 Å². The van der Waals surface area contributed by atoms with Gasteiger partial charge in [-0.3, -0.25) is 10.1 Å². The number of carboxylic acids is 1. The predicted octanol–water partition coefficient (Wildman–Crippen LogP) is 0.0441. The average Bonchev–Trinajstić information content (AvgIpc) is 2.44. The molecule has 1 heterocycles. The number of hydrogen-bond donors (Lipinski definition) is 3. The van der Waals surface area contributed by atoms with Crippen LogP contribution in [0.5, 0.6) is 0 Å². The molecular weight excluding hydrogens is 276 g/mol. The van der Waals surface area contributed by atoms with Gasteiger partial charge in [-0.25, -0.2) is 4.79 Å². The summed E-state index contributed by atoms with van der Waals surface area (Å²) in [6.07, 6.45) is -0.540. The van der Waals surface area contributed by atoms with Gasteiger partial charge in [0.2, 0.25) is 0 Å². The number of nitrogens with zero attached hydrogens (tertiary/aromatic N) is 1. The Morgan fingerprint density at radius 3 is 2.52 bits per heavy atom. The van der Waals surface area contributed by atoms with E-state index in [9.17, 15) is 14.7 Å². The molecule has 1 aliphatic heterocycles. The zero-order valence-electron chi connectivity index (χ0n) is 11.5. The van der Waals surface area contributed by atoms with E-state index in [0.717, 1.165) is 5.56 Å². The summed E-state index contributed by atoms with van der Waals surface area (Å²) in [6.45, 7) is 0.207. The summed E-state index contributed by atoms with van der Waals surface area (Å²) in [5.74, 6) is -1.04. The molecule has 3 N–H and O–H groups in total. The third kappa shape index (κ3) is 3.50. The van der Waals surface area contributed by atoms with Crippen LogP contribution in [0.3, 0.4) is 0 Å². The summed E-state index contributed by atoms with van der Waals surface area (Å²) in [5.41, 5.74) is -0.316. The van der Waals surface area contributed by atoms with Crippen LogP contribution in [0.2, 0.25) is 0 Å². The summed E-state index contributed by atoms with van der Waals surface area (Å²) in [5, 5.41) is 20.7. The minimum Gasteiger partial charge on any atom is -0.480 e. The molecule has 0 atom stereocenters. The van der Waals surface area contributed by atoms with E-state index >= 15 is 0 Å². The maximum absolute atomic E-state index is 11.8. The number of likely N-dealkylation sites (tertiary alicyclic amines) is 1. The molecule has 1 amide bonds. The summed E-state index contributed by atoms with van der Waals surface area (Å²) in [4.78, 5) is 24.4. The Bertz CT molecular complexity index is 499. The van der Waals surface area contributed by atoms with Crippen LogP contribution in [0.1, 0.15) is 5.56 Å². The topological polar surface area (TPSA) is 99.1 Å². The molecule has 1 aromatic rings. The van der Waals surface area contributed by atoms with Crippen LogP contribution in [-0.2, 0) is 16.1 Å². The normalized spacial score (nSPS) is 16.1. The molecule has 1 aliphatic rings. The van der Waals surface area contributed by atoms with Gasteiger partial charge >= 0.3 is 12.1 Å². The molecule has 114 valence electrons. The van der Waals surface area contributed by atoms with Crippen molar-refractivity contribution in [3.05, 3.63) is 35.9 Å². The smallest absolute Gasteiger partial charge is 0.410 e. The van der Waals surface area contributed by atoms with Gasteiger partial charge in [-0.05, 0) is 5.56 Å². The van der Waals surface area contributed by atoms with Gasteiger partial charge in [-0.1, -0.05) is 30.3 Å². The Kier molecular flexibility index (Phi) is 4.77. The number of nitrogens with one attached hydrogen (secondary N) is 1. The number of aliphatic hydroxyl groups is 1. The lowest BCUT2D eigenvalue weighted by molar-refractivity contribution is -0.151. The van der Waals surface area contributed by atoms with Gasteiger partial charge in [-0.2, -0.15) is 0 Å². The molecule has 1 saturated heterocycles. The molecule has 0 aliphatic carbocycles. The number of ether oxygens (including phenoxy) is 1. The first kappa shape index (κ1) is 15.3. The van der Waals surface area contributed by atoms with E-state index in [1.54, 1.807) is 0 Å². The van der Waals surface area contributed by atoms with Crippen molar-refractivity contribution in [1.82, 2.24) is 10.2 Å². The van der Waals surface area contributed by atoms with Crippen LogP contribution in [0.25, 0.3) is 0 Å². The first-order valence-corrected chi connectivity index (χ1v) is 6.62. The number of carboxylic acid groups (broad SMARTS) is 1. The molecule has 7 nitrogen and oxygen atoms in total. The zero-order chi connectivity index (χ0) is 15.3. The number of β-amino-alcohol motifs (C(OH)–C–C–N with tert-alkyl or cyclic N) is 1. The molecule has 1 fully saturated rings. The second-order valence-corrected chi connectivity index (χ2v) is 4.93. The quantitative estimate of drug-likeness (QED) is 0.685. The van der Waals surface area contributed by atoms with Crippen molar-refractivity contribution in [2.45, 2.75) is 12.1 Å². The largest absolute Gasteiger partial charge is 0.480 e. The van der Waals surface area contributed by atoms with E-state index in [2.05, 4.69) is 5.32 Å². The number of amides is 1. The van der Waals surface area contributed by atoms with E-state index in [1.807, 2.05) is 30.3 Å². The SMILES string of the molecule is O=C(OCc1ccccc1)N1CC(NCCO)(C(=O)O)C1. The van der Waals surface area contributed by atoms with Crippen molar-refractivity contribution < 1.29 is 24.5 Å². The van der Waals surface area contributed by atoms with Gasteiger partial charge in [-0.15, -0.1) is 0 Å². The lowest BCUT2D eigenvalue weighted by Crippen LogP contribution is -2.74. The fourth-order valence-electron chi connectivity index (χ4n) is 2.16. The number of aliphatic hydroxyl groups excluding tert-OH is 1. The molecule has 0 radical (unpaired) electrons. The molecule has 0 spiro atoms.